The summed E-state index contributed by atoms with van der Waals surface area (Å²) >= 11 is 0. The Morgan fingerprint density at radius 2 is 2.10 bits per heavy atom. The molecule has 0 aliphatic heterocycles. The molecule has 1 atom stereocenters. The first-order valence-electron chi connectivity index (χ1n) is 6.10. The molecule has 0 radical (unpaired) electrons. The monoisotopic (exact) mass is 280 g/mol. The summed E-state index contributed by atoms with van der Waals surface area (Å²) < 4.78 is 5.01. The highest BCUT2D eigenvalue weighted by Crippen LogP contribution is 2.21. The second-order valence-corrected chi connectivity index (χ2v) is 4.38. The van der Waals surface area contributed by atoms with Gasteiger partial charge in [-0.15, -0.1) is 0 Å². The zero-order valence-corrected chi connectivity index (χ0v) is 11.3. The Kier molecular flexibility index (Phi) is 5.19. The molecule has 1 aromatic rings. The number of benzene rings is 1. The molecule has 0 aromatic heterocycles. The first-order valence-corrected chi connectivity index (χ1v) is 6.10. The van der Waals surface area contributed by atoms with Crippen molar-refractivity contribution in [2.75, 3.05) is 0 Å². The maximum Gasteiger partial charge on any atom is 0.308 e. The molecule has 0 saturated carbocycles. The van der Waals surface area contributed by atoms with Crippen LogP contribution in [0.25, 0.3) is 0 Å². The van der Waals surface area contributed by atoms with Gasteiger partial charge in [0, 0.05) is 11.6 Å². The van der Waals surface area contributed by atoms with Gasteiger partial charge in [0.2, 0.25) is 5.91 Å². The molecule has 0 spiro atoms. The number of nitrogens with two attached hydrogens (primary N) is 1. The van der Waals surface area contributed by atoms with Crippen LogP contribution < -0.4 is 5.73 Å². The van der Waals surface area contributed by atoms with Gasteiger partial charge in [0.25, 0.3) is 5.69 Å². The van der Waals surface area contributed by atoms with Crippen molar-refractivity contribution in [1.29, 1.82) is 0 Å². The van der Waals surface area contributed by atoms with Crippen LogP contribution >= 0.6 is 0 Å². The number of nitro groups is 1. The molecular formula is C13H16N2O5. The van der Waals surface area contributed by atoms with Gasteiger partial charge in [-0.3, -0.25) is 19.7 Å². The molecule has 1 amide bonds. The average Bonchev–Trinajstić information content (AvgIpc) is 2.43. The molecule has 0 saturated heterocycles. The lowest BCUT2D eigenvalue weighted by molar-refractivity contribution is -0.385. The van der Waals surface area contributed by atoms with Gasteiger partial charge in [-0.1, -0.05) is 13.8 Å². The van der Waals surface area contributed by atoms with Crippen LogP contribution in [0.1, 0.15) is 36.2 Å². The second kappa shape index (κ2) is 6.65. The van der Waals surface area contributed by atoms with Crippen LogP contribution in [0.2, 0.25) is 0 Å². The van der Waals surface area contributed by atoms with Crippen molar-refractivity contribution in [1.82, 2.24) is 0 Å². The summed E-state index contributed by atoms with van der Waals surface area (Å²) in [6.07, 6.45) is 0.627. The first-order chi connectivity index (χ1) is 9.36. The number of rotatable bonds is 6. The van der Waals surface area contributed by atoms with Crippen LogP contribution in [0.15, 0.2) is 18.2 Å². The smallest absolute Gasteiger partial charge is 0.308 e. The SMILES string of the molecule is CC[C@H](C)C(=O)OCc1ccc(C(N)=O)cc1[N+](=O)[O-]. The maximum atomic E-state index is 11.5. The van der Waals surface area contributed by atoms with E-state index in [1.807, 2.05) is 6.92 Å². The van der Waals surface area contributed by atoms with Crippen LogP contribution in [-0.2, 0) is 16.1 Å². The molecule has 0 heterocycles. The van der Waals surface area contributed by atoms with Crippen LogP contribution in [-0.4, -0.2) is 16.8 Å². The molecule has 0 unspecified atom stereocenters. The Hall–Kier alpha value is -2.44. The number of primary amides is 1. The molecule has 1 rings (SSSR count). The Bertz CT molecular complexity index is 542. The lowest BCUT2D eigenvalue weighted by Crippen LogP contribution is -2.15. The third-order valence-corrected chi connectivity index (χ3v) is 2.95. The van der Waals surface area contributed by atoms with Crippen molar-refractivity contribution in [3.8, 4) is 0 Å². The number of carbonyl (C=O) groups is 2. The summed E-state index contributed by atoms with van der Waals surface area (Å²) in [7, 11) is 0. The van der Waals surface area contributed by atoms with E-state index in [4.69, 9.17) is 10.5 Å². The summed E-state index contributed by atoms with van der Waals surface area (Å²) in [6, 6.07) is 3.80. The number of nitrogens with zero attached hydrogens (tertiary/aromatic N) is 1. The lowest BCUT2D eigenvalue weighted by Gasteiger charge is -2.09. The van der Waals surface area contributed by atoms with Gasteiger partial charge in [0.1, 0.15) is 6.61 Å². The van der Waals surface area contributed by atoms with E-state index in [-0.39, 0.29) is 29.3 Å². The fourth-order valence-corrected chi connectivity index (χ4v) is 1.47. The zero-order valence-electron chi connectivity index (χ0n) is 11.3. The van der Waals surface area contributed by atoms with Gasteiger partial charge in [-0.05, 0) is 18.6 Å². The normalized spacial score (nSPS) is 11.7. The van der Waals surface area contributed by atoms with E-state index in [1.54, 1.807) is 6.92 Å². The minimum atomic E-state index is -0.753. The van der Waals surface area contributed by atoms with Gasteiger partial charge >= 0.3 is 5.97 Å². The standard InChI is InChI=1S/C13H16N2O5/c1-3-8(2)13(17)20-7-10-5-4-9(12(14)16)6-11(10)15(18)19/h4-6,8H,3,7H2,1-2H3,(H2,14,16)/t8-/m0/s1. The third-order valence-electron chi connectivity index (χ3n) is 2.95. The van der Waals surface area contributed by atoms with Crippen LogP contribution in [0, 0.1) is 16.0 Å². The van der Waals surface area contributed by atoms with Crippen molar-refractivity contribution in [3.63, 3.8) is 0 Å². The maximum absolute atomic E-state index is 11.5. The number of nitro benzene ring substituents is 1. The minimum Gasteiger partial charge on any atom is -0.460 e. The van der Waals surface area contributed by atoms with E-state index in [2.05, 4.69) is 0 Å². The molecule has 2 N–H and O–H groups in total. The molecular weight excluding hydrogens is 264 g/mol. The molecule has 0 bridgehead atoms. The summed E-state index contributed by atoms with van der Waals surface area (Å²) in [5.74, 6) is -1.43. The Balaban J connectivity index is 2.92. The van der Waals surface area contributed by atoms with E-state index in [0.29, 0.717) is 6.42 Å². The lowest BCUT2D eigenvalue weighted by atomic mass is 10.1. The molecule has 108 valence electrons. The number of hydrogen-bond acceptors (Lipinski definition) is 5. The summed E-state index contributed by atoms with van der Waals surface area (Å²) in [5, 5.41) is 10.9. The fraction of sp³-hybridized carbons (Fsp3) is 0.385. The first kappa shape index (κ1) is 15.6. The van der Waals surface area contributed by atoms with E-state index in [0.717, 1.165) is 6.07 Å². The van der Waals surface area contributed by atoms with Gasteiger partial charge in [-0.2, -0.15) is 0 Å². The molecule has 0 aliphatic rings. The highest BCUT2D eigenvalue weighted by Gasteiger charge is 2.19. The molecule has 20 heavy (non-hydrogen) atoms. The quantitative estimate of drug-likeness (QED) is 0.485. The number of amides is 1. The predicted molar refractivity (Wildman–Crippen MR) is 70.9 cm³/mol. The summed E-state index contributed by atoms with van der Waals surface area (Å²) in [4.78, 5) is 32.8. The number of carbonyl (C=O) groups excluding carboxylic acids is 2. The summed E-state index contributed by atoms with van der Waals surface area (Å²) in [5.41, 5.74) is 5.03. The van der Waals surface area contributed by atoms with E-state index in [9.17, 15) is 19.7 Å². The summed E-state index contributed by atoms with van der Waals surface area (Å²) in [6.45, 7) is 3.35. The molecule has 7 heteroatoms. The predicted octanol–water partition coefficient (Wildman–Crippen LogP) is 1.78. The Morgan fingerprint density at radius 3 is 2.60 bits per heavy atom. The number of hydrogen-bond donors (Lipinski definition) is 1. The van der Waals surface area contributed by atoms with Gasteiger partial charge in [0.05, 0.1) is 16.4 Å². The van der Waals surface area contributed by atoms with E-state index < -0.39 is 16.8 Å². The largest absolute Gasteiger partial charge is 0.460 e. The van der Waals surface area contributed by atoms with Crippen LogP contribution in [0.3, 0.4) is 0 Å². The highest BCUT2D eigenvalue weighted by molar-refractivity contribution is 5.93. The fourth-order valence-electron chi connectivity index (χ4n) is 1.47. The topological polar surface area (TPSA) is 113 Å². The second-order valence-electron chi connectivity index (χ2n) is 4.38. The molecule has 7 nitrogen and oxygen atoms in total. The molecule has 0 aliphatic carbocycles. The minimum absolute atomic E-state index is 0.0358. The third kappa shape index (κ3) is 3.78. The van der Waals surface area contributed by atoms with Gasteiger partial charge < -0.3 is 10.5 Å². The molecule has 1 aromatic carbocycles. The van der Waals surface area contributed by atoms with E-state index >= 15 is 0 Å². The van der Waals surface area contributed by atoms with Crippen LogP contribution in [0.4, 0.5) is 5.69 Å². The van der Waals surface area contributed by atoms with Crippen molar-refractivity contribution < 1.29 is 19.2 Å². The van der Waals surface area contributed by atoms with Crippen molar-refractivity contribution in [2.45, 2.75) is 26.9 Å². The number of esters is 1. The van der Waals surface area contributed by atoms with Gasteiger partial charge in [0.15, 0.2) is 0 Å². The highest BCUT2D eigenvalue weighted by atomic mass is 16.6. The zero-order chi connectivity index (χ0) is 15.3. The van der Waals surface area contributed by atoms with Crippen molar-refractivity contribution >= 4 is 17.6 Å². The van der Waals surface area contributed by atoms with E-state index in [1.165, 1.54) is 12.1 Å². The number of ether oxygens (including phenoxy) is 1. The average molecular weight is 280 g/mol. The molecule has 0 fully saturated rings. The van der Waals surface area contributed by atoms with Gasteiger partial charge in [-0.25, -0.2) is 0 Å². The van der Waals surface area contributed by atoms with Crippen molar-refractivity contribution in [2.24, 2.45) is 11.7 Å². The van der Waals surface area contributed by atoms with Crippen molar-refractivity contribution in [3.05, 3.63) is 39.4 Å². The Labute approximate surface area is 115 Å². The Morgan fingerprint density at radius 1 is 1.45 bits per heavy atom. The van der Waals surface area contributed by atoms with Crippen LogP contribution in [0.5, 0.6) is 0 Å².